The van der Waals surface area contributed by atoms with E-state index in [2.05, 4.69) is 5.16 Å². The van der Waals surface area contributed by atoms with Crippen molar-refractivity contribution in [3.63, 3.8) is 0 Å². The van der Waals surface area contributed by atoms with E-state index in [9.17, 15) is 4.39 Å². The summed E-state index contributed by atoms with van der Waals surface area (Å²) < 4.78 is 29.3. The number of epoxide rings is 1. The van der Waals surface area contributed by atoms with Crippen LogP contribution in [-0.4, -0.2) is 24.5 Å². The van der Waals surface area contributed by atoms with Crippen LogP contribution in [0.1, 0.15) is 0 Å². The fourth-order valence-corrected chi connectivity index (χ4v) is 2.21. The highest BCUT2D eigenvalue weighted by molar-refractivity contribution is 5.91. The lowest BCUT2D eigenvalue weighted by Crippen LogP contribution is -2.03. The molecule has 4 nitrogen and oxygen atoms in total. The highest BCUT2D eigenvalue weighted by Gasteiger charge is 2.23. The number of benzene rings is 2. The number of nitrogens with zero attached hydrogens (tertiary/aromatic N) is 1. The van der Waals surface area contributed by atoms with Gasteiger partial charge in [0.2, 0.25) is 0 Å². The molecule has 4 rings (SSSR count). The van der Waals surface area contributed by atoms with Crippen LogP contribution in [0.25, 0.3) is 22.2 Å². The van der Waals surface area contributed by atoms with Gasteiger partial charge in [-0.05, 0) is 24.3 Å². The molecule has 106 valence electrons. The van der Waals surface area contributed by atoms with E-state index in [0.717, 1.165) is 23.3 Å². The quantitative estimate of drug-likeness (QED) is 0.689. The lowest BCUT2D eigenvalue weighted by Gasteiger charge is -2.05. The van der Waals surface area contributed by atoms with Gasteiger partial charge in [-0.2, -0.15) is 0 Å². The molecule has 0 spiro atoms. The van der Waals surface area contributed by atoms with Crippen LogP contribution in [0.4, 0.5) is 4.39 Å². The number of hydrogen-bond acceptors (Lipinski definition) is 4. The molecule has 0 saturated carbocycles. The SMILES string of the molecule is Fc1ccc2c(-c3cccc(OCC4CO4)c3)onc2c1. The van der Waals surface area contributed by atoms with Crippen LogP contribution in [0.2, 0.25) is 0 Å². The molecule has 2 heterocycles. The predicted molar refractivity (Wildman–Crippen MR) is 74.6 cm³/mol. The van der Waals surface area contributed by atoms with Gasteiger partial charge in [0.15, 0.2) is 5.76 Å². The van der Waals surface area contributed by atoms with E-state index in [1.165, 1.54) is 12.1 Å². The zero-order valence-electron chi connectivity index (χ0n) is 11.1. The standard InChI is InChI=1S/C16H12FNO3/c17-11-4-5-14-15(7-11)18-21-16(14)10-2-1-3-12(6-10)19-8-13-9-20-13/h1-7,13H,8-9H2. The van der Waals surface area contributed by atoms with Gasteiger partial charge >= 0.3 is 0 Å². The van der Waals surface area contributed by atoms with Crippen LogP contribution in [0.3, 0.4) is 0 Å². The van der Waals surface area contributed by atoms with Crippen molar-refractivity contribution in [3.8, 4) is 17.1 Å². The first-order valence-corrected chi connectivity index (χ1v) is 6.69. The Balaban J connectivity index is 1.68. The minimum atomic E-state index is -0.330. The highest BCUT2D eigenvalue weighted by atomic mass is 19.1. The number of ether oxygens (including phenoxy) is 2. The number of hydrogen-bond donors (Lipinski definition) is 0. The van der Waals surface area contributed by atoms with Crippen LogP contribution < -0.4 is 4.74 Å². The second kappa shape index (κ2) is 4.86. The van der Waals surface area contributed by atoms with Gasteiger partial charge in [-0.1, -0.05) is 17.3 Å². The summed E-state index contributed by atoms with van der Waals surface area (Å²) in [5.41, 5.74) is 1.35. The van der Waals surface area contributed by atoms with E-state index in [4.69, 9.17) is 14.0 Å². The van der Waals surface area contributed by atoms with Crippen LogP contribution in [0.15, 0.2) is 47.0 Å². The minimum absolute atomic E-state index is 0.211. The van der Waals surface area contributed by atoms with Crippen molar-refractivity contribution in [3.05, 3.63) is 48.3 Å². The summed E-state index contributed by atoms with van der Waals surface area (Å²) in [5, 5.41) is 4.67. The first-order valence-electron chi connectivity index (χ1n) is 6.69. The largest absolute Gasteiger partial charge is 0.491 e. The van der Waals surface area contributed by atoms with Crippen molar-refractivity contribution in [2.75, 3.05) is 13.2 Å². The summed E-state index contributed by atoms with van der Waals surface area (Å²) in [6, 6.07) is 12.0. The molecule has 1 aliphatic heterocycles. The molecular weight excluding hydrogens is 273 g/mol. The molecule has 0 N–H and O–H groups in total. The van der Waals surface area contributed by atoms with Crippen molar-refractivity contribution in [1.29, 1.82) is 0 Å². The fourth-order valence-electron chi connectivity index (χ4n) is 2.21. The maximum absolute atomic E-state index is 13.2. The molecule has 1 saturated heterocycles. The van der Waals surface area contributed by atoms with Crippen LogP contribution in [0.5, 0.6) is 5.75 Å². The van der Waals surface area contributed by atoms with E-state index in [-0.39, 0.29) is 11.9 Å². The summed E-state index contributed by atoms with van der Waals surface area (Å²) in [7, 11) is 0. The molecule has 1 atom stereocenters. The zero-order chi connectivity index (χ0) is 14.2. The molecule has 5 heteroatoms. The molecule has 2 aromatic carbocycles. The summed E-state index contributed by atoms with van der Waals surface area (Å²) in [6.45, 7) is 1.31. The van der Waals surface area contributed by atoms with Crippen molar-refractivity contribution in [1.82, 2.24) is 5.16 Å². The first-order chi connectivity index (χ1) is 10.3. The second-order valence-corrected chi connectivity index (χ2v) is 4.97. The Kier molecular flexibility index (Phi) is 2.86. The summed E-state index contributed by atoms with van der Waals surface area (Å²) in [5.74, 6) is 1.02. The van der Waals surface area contributed by atoms with E-state index in [0.29, 0.717) is 17.9 Å². The number of fused-ring (bicyclic) bond motifs is 1. The number of aromatic nitrogens is 1. The van der Waals surface area contributed by atoms with Crippen molar-refractivity contribution in [2.45, 2.75) is 6.10 Å². The molecule has 0 aliphatic carbocycles. The summed E-state index contributed by atoms with van der Waals surface area (Å²) >= 11 is 0. The van der Waals surface area contributed by atoms with Gasteiger partial charge in [-0.25, -0.2) is 4.39 Å². The predicted octanol–water partition coefficient (Wildman–Crippen LogP) is 3.41. The normalized spacial score (nSPS) is 17.1. The third-order valence-electron chi connectivity index (χ3n) is 3.37. The van der Waals surface area contributed by atoms with Gasteiger partial charge in [-0.3, -0.25) is 0 Å². The maximum atomic E-state index is 13.2. The fraction of sp³-hybridized carbons (Fsp3) is 0.188. The average molecular weight is 285 g/mol. The molecule has 0 amide bonds. The maximum Gasteiger partial charge on any atom is 0.174 e. The third-order valence-corrected chi connectivity index (χ3v) is 3.37. The van der Waals surface area contributed by atoms with Gasteiger partial charge in [0, 0.05) is 17.0 Å². The molecule has 0 radical (unpaired) electrons. The summed E-state index contributed by atoms with van der Waals surface area (Å²) in [4.78, 5) is 0. The molecule has 1 fully saturated rings. The van der Waals surface area contributed by atoms with Crippen molar-refractivity contribution >= 4 is 10.9 Å². The second-order valence-electron chi connectivity index (χ2n) is 4.97. The van der Waals surface area contributed by atoms with E-state index in [1.54, 1.807) is 6.07 Å². The Morgan fingerprint density at radius 1 is 1.24 bits per heavy atom. The van der Waals surface area contributed by atoms with E-state index < -0.39 is 0 Å². The average Bonchev–Trinajstić information content (AvgIpc) is 3.24. The Bertz CT molecular complexity index is 795. The van der Waals surface area contributed by atoms with Gasteiger partial charge < -0.3 is 14.0 Å². The molecule has 1 aliphatic rings. The summed E-state index contributed by atoms with van der Waals surface area (Å²) in [6.07, 6.45) is 0.211. The topological polar surface area (TPSA) is 47.8 Å². The minimum Gasteiger partial charge on any atom is -0.491 e. The lowest BCUT2D eigenvalue weighted by atomic mass is 10.1. The first kappa shape index (κ1) is 12.3. The molecular formula is C16H12FNO3. The van der Waals surface area contributed by atoms with Gasteiger partial charge in [0.25, 0.3) is 0 Å². The number of rotatable bonds is 4. The van der Waals surface area contributed by atoms with Crippen molar-refractivity contribution < 1.29 is 18.4 Å². The van der Waals surface area contributed by atoms with Gasteiger partial charge in [-0.15, -0.1) is 0 Å². The van der Waals surface area contributed by atoms with E-state index in [1.807, 2.05) is 24.3 Å². The lowest BCUT2D eigenvalue weighted by molar-refractivity contribution is 0.263. The van der Waals surface area contributed by atoms with Crippen molar-refractivity contribution in [2.24, 2.45) is 0 Å². The Morgan fingerprint density at radius 3 is 3.00 bits per heavy atom. The van der Waals surface area contributed by atoms with Crippen LogP contribution in [-0.2, 0) is 4.74 Å². The van der Waals surface area contributed by atoms with E-state index >= 15 is 0 Å². The Morgan fingerprint density at radius 2 is 2.14 bits per heavy atom. The Hall–Kier alpha value is -2.40. The monoisotopic (exact) mass is 285 g/mol. The third kappa shape index (κ3) is 2.48. The molecule has 21 heavy (non-hydrogen) atoms. The van der Waals surface area contributed by atoms with Gasteiger partial charge in [0.05, 0.1) is 6.61 Å². The smallest absolute Gasteiger partial charge is 0.174 e. The van der Waals surface area contributed by atoms with Gasteiger partial charge in [0.1, 0.15) is 29.8 Å². The molecule has 1 aromatic heterocycles. The Labute approximate surface area is 120 Å². The molecule has 0 bridgehead atoms. The molecule has 3 aromatic rings. The zero-order valence-corrected chi connectivity index (χ0v) is 11.1. The van der Waals surface area contributed by atoms with Crippen LogP contribution in [0, 0.1) is 5.82 Å². The molecule has 1 unspecified atom stereocenters. The number of halogens is 1. The highest BCUT2D eigenvalue weighted by Crippen LogP contribution is 2.31. The van der Waals surface area contributed by atoms with Crippen LogP contribution >= 0.6 is 0 Å².